The molecule has 1 heterocycles. The SMILES string of the molecule is COCCC[C@H](c1ccc(C(F)(F)F)cc1)N1CC[C@@H](CC(=O)O)C[C@H]1c1ccc(C(F)(F)F)cc1. The number of alkyl halides is 6. The number of nitrogens with zero attached hydrogens (tertiary/aromatic N) is 1. The Kier molecular flexibility index (Phi) is 9.05. The molecular weight excluding hydrogens is 488 g/mol. The summed E-state index contributed by atoms with van der Waals surface area (Å²) in [6.07, 6.45) is -6.86. The highest BCUT2D eigenvalue weighted by molar-refractivity contribution is 5.67. The number of ether oxygens (including phenoxy) is 1. The van der Waals surface area contributed by atoms with E-state index in [1.165, 1.54) is 24.3 Å². The van der Waals surface area contributed by atoms with Crippen LogP contribution >= 0.6 is 0 Å². The minimum absolute atomic E-state index is 0.0560. The highest BCUT2D eigenvalue weighted by Gasteiger charge is 2.37. The molecule has 0 aromatic heterocycles. The average molecular weight is 518 g/mol. The van der Waals surface area contributed by atoms with Crippen molar-refractivity contribution in [3.8, 4) is 0 Å². The van der Waals surface area contributed by atoms with E-state index in [1.54, 1.807) is 7.11 Å². The number of rotatable bonds is 9. The van der Waals surface area contributed by atoms with Gasteiger partial charge in [0.1, 0.15) is 0 Å². The number of methoxy groups -OCH3 is 1. The molecule has 3 atom stereocenters. The van der Waals surface area contributed by atoms with Gasteiger partial charge in [-0.25, -0.2) is 0 Å². The van der Waals surface area contributed by atoms with Crippen molar-refractivity contribution in [3.05, 3.63) is 70.8 Å². The lowest BCUT2D eigenvalue weighted by atomic mass is 9.82. The Balaban J connectivity index is 1.97. The molecule has 10 heteroatoms. The average Bonchev–Trinajstić information content (AvgIpc) is 2.81. The van der Waals surface area contributed by atoms with Crippen molar-refractivity contribution < 1.29 is 41.0 Å². The summed E-state index contributed by atoms with van der Waals surface area (Å²) in [5.41, 5.74) is -0.272. The monoisotopic (exact) mass is 517 g/mol. The number of hydrogen-bond acceptors (Lipinski definition) is 3. The van der Waals surface area contributed by atoms with E-state index in [0.717, 1.165) is 24.3 Å². The fourth-order valence-corrected chi connectivity index (χ4v) is 4.92. The Hall–Kier alpha value is -2.59. The van der Waals surface area contributed by atoms with Crippen molar-refractivity contribution in [1.29, 1.82) is 0 Å². The summed E-state index contributed by atoms with van der Waals surface area (Å²) in [5.74, 6) is -1.11. The summed E-state index contributed by atoms with van der Waals surface area (Å²) in [5, 5.41) is 9.29. The predicted octanol–water partition coefficient (Wildman–Crippen LogP) is 7.12. The van der Waals surface area contributed by atoms with Gasteiger partial charge in [-0.15, -0.1) is 0 Å². The second-order valence-electron chi connectivity index (χ2n) is 9.13. The standard InChI is InChI=1S/C26H29F6NO3/c1-36-14-2-3-22(18-4-8-20(9-5-18)25(27,28)29)33-13-12-17(16-24(34)35)15-23(33)19-6-10-21(11-7-19)26(30,31)32/h4-11,17,22-23H,2-3,12-16H2,1H3,(H,34,35)/t17-,22-,23+/m1/s1. The van der Waals surface area contributed by atoms with E-state index in [4.69, 9.17) is 4.74 Å². The van der Waals surface area contributed by atoms with Crippen molar-refractivity contribution in [3.63, 3.8) is 0 Å². The Morgan fingerprint density at radius 3 is 2.06 bits per heavy atom. The summed E-state index contributed by atoms with van der Waals surface area (Å²) in [6, 6.07) is 9.05. The minimum atomic E-state index is -4.49. The molecule has 198 valence electrons. The molecule has 0 amide bonds. The first-order valence-electron chi connectivity index (χ1n) is 11.7. The molecule has 4 nitrogen and oxygen atoms in total. The summed E-state index contributed by atoms with van der Waals surface area (Å²) in [4.78, 5) is 13.4. The van der Waals surface area contributed by atoms with Crippen LogP contribution in [0.3, 0.4) is 0 Å². The van der Waals surface area contributed by atoms with E-state index in [2.05, 4.69) is 4.90 Å². The zero-order chi connectivity index (χ0) is 26.5. The molecule has 3 rings (SSSR count). The molecule has 0 radical (unpaired) electrons. The van der Waals surface area contributed by atoms with Gasteiger partial charge in [0.2, 0.25) is 0 Å². The number of carboxylic acid groups (broad SMARTS) is 1. The van der Waals surface area contributed by atoms with E-state index in [9.17, 15) is 36.2 Å². The van der Waals surface area contributed by atoms with Gasteiger partial charge in [-0.05, 0) is 73.5 Å². The van der Waals surface area contributed by atoms with Crippen molar-refractivity contribution in [2.75, 3.05) is 20.3 Å². The molecule has 2 aromatic rings. The Bertz CT molecular complexity index is 989. The highest BCUT2D eigenvalue weighted by Crippen LogP contribution is 2.43. The number of piperidine rings is 1. The maximum Gasteiger partial charge on any atom is 0.416 e. The normalized spacial score (nSPS) is 20.3. The third kappa shape index (κ3) is 7.22. The first-order valence-corrected chi connectivity index (χ1v) is 11.7. The van der Waals surface area contributed by atoms with Crippen LogP contribution in [-0.2, 0) is 21.9 Å². The molecular formula is C26H29F6NO3. The zero-order valence-electron chi connectivity index (χ0n) is 19.8. The lowest BCUT2D eigenvalue weighted by Crippen LogP contribution is -2.40. The van der Waals surface area contributed by atoms with Crippen LogP contribution in [-0.4, -0.2) is 36.2 Å². The number of carbonyl (C=O) groups is 1. The fraction of sp³-hybridized carbons (Fsp3) is 0.500. The lowest BCUT2D eigenvalue weighted by Gasteiger charge is -2.44. The van der Waals surface area contributed by atoms with Gasteiger partial charge < -0.3 is 9.84 Å². The molecule has 0 unspecified atom stereocenters. The van der Waals surface area contributed by atoms with Crippen molar-refractivity contribution in [1.82, 2.24) is 4.90 Å². The van der Waals surface area contributed by atoms with Crippen LogP contribution in [0.1, 0.15) is 66.4 Å². The first-order chi connectivity index (χ1) is 16.9. The molecule has 36 heavy (non-hydrogen) atoms. The van der Waals surface area contributed by atoms with E-state index >= 15 is 0 Å². The second kappa shape index (κ2) is 11.6. The molecule has 1 aliphatic heterocycles. The van der Waals surface area contributed by atoms with E-state index < -0.39 is 29.4 Å². The topological polar surface area (TPSA) is 49.8 Å². The van der Waals surface area contributed by atoms with Gasteiger partial charge in [0.05, 0.1) is 11.1 Å². The van der Waals surface area contributed by atoms with E-state index in [0.29, 0.717) is 50.0 Å². The van der Waals surface area contributed by atoms with Crippen molar-refractivity contribution >= 4 is 5.97 Å². The largest absolute Gasteiger partial charge is 0.481 e. The molecule has 1 aliphatic rings. The van der Waals surface area contributed by atoms with Gasteiger partial charge in [0.15, 0.2) is 0 Å². The van der Waals surface area contributed by atoms with Crippen LogP contribution in [0.25, 0.3) is 0 Å². The van der Waals surface area contributed by atoms with Crippen LogP contribution in [0.4, 0.5) is 26.3 Å². The number of benzene rings is 2. The van der Waals surface area contributed by atoms with Gasteiger partial charge in [-0.3, -0.25) is 9.69 Å². The van der Waals surface area contributed by atoms with E-state index in [-0.39, 0.29) is 24.4 Å². The van der Waals surface area contributed by atoms with Gasteiger partial charge >= 0.3 is 18.3 Å². The number of halogens is 6. The molecule has 2 aromatic carbocycles. The minimum Gasteiger partial charge on any atom is -0.481 e. The van der Waals surface area contributed by atoms with Gasteiger partial charge in [0, 0.05) is 32.2 Å². The number of carboxylic acids is 1. The Morgan fingerprint density at radius 2 is 1.56 bits per heavy atom. The third-order valence-corrected chi connectivity index (χ3v) is 6.69. The summed E-state index contributed by atoms with van der Waals surface area (Å²) in [6.45, 7) is 0.903. The van der Waals surface area contributed by atoms with Crippen LogP contribution < -0.4 is 0 Å². The lowest BCUT2D eigenvalue weighted by molar-refractivity contribution is -0.139. The summed E-state index contributed by atoms with van der Waals surface area (Å²) < 4.78 is 83.9. The smallest absolute Gasteiger partial charge is 0.416 e. The number of hydrogen-bond donors (Lipinski definition) is 1. The van der Waals surface area contributed by atoms with Gasteiger partial charge in [-0.2, -0.15) is 26.3 Å². The maximum atomic E-state index is 13.1. The van der Waals surface area contributed by atoms with Crippen LogP contribution in [0.2, 0.25) is 0 Å². The molecule has 0 bridgehead atoms. The number of likely N-dealkylation sites (tertiary alicyclic amines) is 1. The number of aliphatic carboxylic acids is 1. The summed E-state index contributed by atoms with van der Waals surface area (Å²) >= 11 is 0. The molecule has 1 N–H and O–H groups in total. The molecule has 0 saturated carbocycles. The maximum absolute atomic E-state index is 13.1. The first kappa shape index (κ1) is 28.0. The highest BCUT2D eigenvalue weighted by atomic mass is 19.4. The fourth-order valence-electron chi connectivity index (χ4n) is 4.92. The molecule has 1 saturated heterocycles. The Labute approximate surface area is 205 Å². The molecule has 0 spiro atoms. The third-order valence-electron chi connectivity index (χ3n) is 6.69. The van der Waals surface area contributed by atoms with Crippen molar-refractivity contribution in [2.24, 2.45) is 5.92 Å². The van der Waals surface area contributed by atoms with Crippen molar-refractivity contribution in [2.45, 2.75) is 56.5 Å². The van der Waals surface area contributed by atoms with Gasteiger partial charge in [0.25, 0.3) is 0 Å². The molecule has 0 aliphatic carbocycles. The van der Waals surface area contributed by atoms with Crippen LogP contribution in [0, 0.1) is 5.92 Å². The zero-order valence-corrected chi connectivity index (χ0v) is 19.8. The second-order valence-corrected chi connectivity index (χ2v) is 9.13. The Morgan fingerprint density at radius 1 is 1.00 bits per heavy atom. The van der Waals surface area contributed by atoms with Gasteiger partial charge in [-0.1, -0.05) is 24.3 Å². The van der Waals surface area contributed by atoms with Crippen LogP contribution in [0.15, 0.2) is 48.5 Å². The summed E-state index contributed by atoms with van der Waals surface area (Å²) in [7, 11) is 1.55. The quantitative estimate of drug-likeness (QED) is 0.284. The molecule has 1 fully saturated rings. The predicted molar refractivity (Wildman–Crippen MR) is 121 cm³/mol. The van der Waals surface area contributed by atoms with Crippen LogP contribution in [0.5, 0.6) is 0 Å². The van der Waals surface area contributed by atoms with E-state index in [1.807, 2.05) is 0 Å².